The van der Waals surface area contributed by atoms with Crippen LogP contribution in [0.5, 0.6) is 0 Å². The van der Waals surface area contributed by atoms with Crippen LogP contribution in [-0.4, -0.2) is 46.9 Å². The third-order valence-electron chi connectivity index (χ3n) is 5.23. The summed E-state index contributed by atoms with van der Waals surface area (Å²) in [5.74, 6) is 0.498. The number of thiazole rings is 1. The van der Waals surface area contributed by atoms with Crippen LogP contribution in [0, 0.1) is 10.1 Å². The number of piperazine rings is 1. The van der Waals surface area contributed by atoms with Gasteiger partial charge in [-0.25, -0.2) is 4.98 Å². The van der Waals surface area contributed by atoms with E-state index in [1.807, 2.05) is 29.2 Å². The molecule has 0 atom stereocenters. The van der Waals surface area contributed by atoms with Crippen molar-refractivity contribution < 1.29 is 9.72 Å². The van der Waals surface area contributed by atoms with Gasteiger partial charge in [0, 0.05) is 43.9 Å². The minimum absolute atomic E-state index is 0.0554. The van der Waals surface area contributed by atoms with E-state index >= 15 is 0 Å². The Balaban J connectivity index is 1.43. The highest BCUT2D eigenvalue weighted by atomic mass is 32.1. The maximum atomic E-state index is 12.8. The number of amides is 1. The molecule has 4 rings (SSSR count). The minimum atomic E-state index is -0.392. The number of fused-ring (bicyclic) bond motifs is 1. The number of anilines is 1. The molecule has 0 spiro atoms. The van der Waals surface area contributed by atoms with E-state index < -0.39 is 4.92 Å². The van der Waals surface area contributed by atoms with Crippen molar-refractivity contribution in [2.45, 2.75) is 19.8 Å². The number of carbonyl (C=O) groups excluding carboxylic acids is 1. The van der Waals surface area contributed by atoms with Gasteiger partial charge in [-0.3, -0.25) is 14.9 Å². The average Bonchev–Trinajstić information content (AvgIpc) is 3.16. The fourth-order valence-electron chi connectivity index (χ4n) is 3.44. The second-order valence-corrected chi connectivity index (χ2v) is 8.47. The van der Waals surface area contributed by atoms with Crippen molar-refractivity contribution in [1.82, 2.24) is 9.88 Å². The van der Waals surface area contributed by atoms with Gasteiger partial charge in [0.2, 0.25) is 0 Å². The number of nitro benzene ring substituents is 1. The van der Waals surface area contributed by atoms with E-state index in [2.05, 4.69) is 23.7 Å². The highest BCUT2D eigenvalue weighted by Crippen LogP contribution is 2.32. The maximum Gasteiger partial charge on any atom is 0.270 e. The van der Waals surface area contributed by atoms with Crippen LogP contribution in [0.4, 0.5) is 10.8 Å². The number of nitro groups is 1. The van der Waals surface area contributed by atoms with Gasteiger partial charge in [-0.1, -0.05) is 37.3 Å². The summed E-state index contributed by atoms with van der Waals surface area (Å²) in [6.07, 6.45) is 0. The maximum absolute atomic E-state index is 12.8. The van der Waals surface area contributed by atoms with Crippen molar-refractivity contribution in [3.63, 3.8) is 0 Å². The molecular formula is C21H22N4O3S. The van der Waals surface area contributed by atoms with Crippen molar-refractivity contribution in [2.75, 3.05) is 31.1 Å². The summed E-state index contributed by atoms with van der Waals surface area (Å²) >= 11 is 1.45. The highest BCUT2D eigenvalue weighted by molar-refractivity contribution is 7.22. The number of aromatic nitrogens is 1. The van der Waals surface area contributed by atoms with Gasteiger partial charge in [0.25, 0.3) is 11.6 Å². The van der Waals surface area contributed by atoms with Crippen LogP contribution in [-0.2, 0) is 0 Å². The zero-order valence-corrected chi connectivity index (χ0v) is 17.2. The van der Waals surface area contributed by atoms with Crippen LogP contribution in [0.25, 0.3) is 10.2 Å². The molecule has 0 saturated carbocycles. The Labute approximate surface area is 172 Å². The number of carbonyl (C=O) groups is 1. The van der Waals surface area contributed by atoms with Crippen LogP contribution >= 0.6 is 11.3 Å². The molecule has 2 heterocycles. The molecule has 0 bridgehead atoms. The van der Waals surface area contributed by atoms with E-state index in [-0.39, 0.29) is 11.6 Å². The topological polar surface area (TPSA) is 79.6 Å². The second kappa shape index (κ2) is 7.79. The largest absolute Gasteiger partial charge is 0.345 e. The van der Waals surface area contributed by atoms with Crippen LogP contribution in [0.3, 0.4) is 0 Å². The molecule has 0 N–H and O–H groups in total. The fraction of sp³-hybridized carbons (Fsp3) is 0.333. The smallest absolute Gasteiger partial charge is 0.270 e. The molecule has 1 aliphatic rings. The molecule has 1 aliphatic heterocycles. The lowest BCUT2D eigenvalue weighted by Crippen LogP contribution is -2.48. The van der Waals surface area contributed by atoms with Crippen molar-refractivity contribution in [3.05, 3.63) is 63.7 Å². The van der Waals surface area contributed by atoms with Crippen molar-refractivity contribution in [2.24, 2.45) is 0 Å². The third kappa shape index (κ3) is 3.93. The van der Waals surface area contributed by atoms with Gasteiger partial charge in [0.15, 0.2) is 5.13 Å². The molecule has 7 nitrogen and oxygen atoms in total. The summed E-state index contributed by atoms with van der Waals surface area (Å²) < 4.78 is 0.804. The van der Waals surface area contributed by atoms with E-state index in [1.165, 1.54) is 23.0 Å². The van der Waals surface area contributed by atoms with Gasteiger partial charge in [-0.05, 0) is 29.7 Å². The first-order valence-corrected chi connectivity index (χ1v) is 10.4. The molecular weight excluding hydrogens is 388 g/mol. The van der Waals surface area contributed by atoms with Gasteiger partial charge in [-0.15, -0.1) is 0 Å². The number of rotatable bonds is 4. The molecule has 1 amide bonds. The molecule has 1 fully saturated rings. The number of nitrogens with zero attached hydrogens (tertiary/aromatic N) is 4. The van der Waals surface area contributed by atoms with E-state index in [0.29, 0.717) is 32.1 Å². The van der Waals surface area contributed by atoms with Crippen molar-refractivity contribution in [3.8, 4) is 0 Å². The summed E-state index contributed by atoms with van der Waals surface area (Å²) in [6.45, 7) is 6.91. The number of non-ortho nitro benzene ring substituents is 1. The molecule has 2 aromatic carbocycles. The SMILES string of the molecule is CC(C)c1ccc(C(=O)N2CCN(c3nc4ccc([N+](=O)[O-])cc4s3)CC2)cc1. The first-order valence-electron chi connectivity index (χ1n) is 9.61. The molecule has 0 radical (unpaired) electrons. The lowest BCUT2D eigenvalue weighted by molar-refractivity contribution is -0.384. The summed E-state index contributed by atoms with van der Waals surface area (Å²) in [5.41, 5.74) is 2.78. The quantitative estimate of drug-likeness (QED) is 0.473. The lowest BCUT2D eigenvalue weighted by atomic mass is 10.0. The first kappa shape index (κ1) is 19.3. The predicted octanol–water partition coefficient (Wildman–Crippen LogP) is 4.29. The molecule has 150 valence electrons. The van der Waals surface area contributed by atoms with Gasteiger partial charge >= 0.3 is 0 Å². The number of benzene rings is 2. The van der Waals surface area contributed by atoms with Crippen molar-refractivity contribution >= 4 is 38.3 Å². The van der Waals surface area contributed by atoms with E-state index in [4.69, 9.17) is 0 Å². The van der Waals surface area contributed by atoms with E-state index in [9.17, 15) is 14.9 Å². The third-order valence-corrected chi connectivity index (χ3v) is 6.31. The zero-order valence-electron chi connectivity index (χ0n) is 16.4. The standard InChI is InChI=1S/C21H22N4O3S/c1-14(2)15-3-5-16(6-4-15)20(26)23-9-11-24(12-10-23)21-22-18-8-7-17(25(27)28)13-19(18)29-21/h3-8,13-14H,9-12H2,1-2H3. The first-order chi connectivity index (χ1) is 13.9. The summed E-state index contributed by atoms with van der Waals surface area (Å²) in [5, 5.41) is 11.8. The Bertz CT molecular complexity index is 1050. The Hall–Kier alpha value is -3.00. The van der Waals surface area contributed by atoms with Crippen LogP contribution < -0.4 is 4.90 Å². The van der Waals surface area contributed by atoms with Crippen LogP contribution in [0.1, 0.15) is 35.7 Å². The fourth-order valence-corrected chi connectivity index (χ4v) is 4.49. The molecule has 0 aliphatic carbocycles. The monoisotopic (exact) mass is 410 g/mol. The summed E-state index contributed by atoms with van der Waals surface area (Å²) in [6, 6.07) is 12.6. The van der Waals surface area contributed by atoms with E-state index in [0.717, 1.165) is 20.9 Å². The van der Waals surface area contributed by atoms with Gasteiger partial charge in [-0.2, -0.15) is 0 Å². The molecule has 29 heavy (non-hydrogen) atoms. The molecule has 1 saturated heterocycles. The van der Waals surface area contributed by atoms with Gasteiger partial charge in [0.1, 0.15) is 0 Å². The van der Waals surface area contributed by atoms with Crippen molar-refractivity contribution in [1.29, 1.82) is 0 Å². The Morgan fingerprint density at radius 1 is 1.10 bits per heavy atom. The zero-order chi connectivity index (χ0) is 20.5. The molecule has 0 unspecified atom stereocenters. The summed E-state index contributed by atoms with van der Waals surface area (Å²) in [7, 11) is 0. The van der Waals surface area contributed by atoms with Crippen LogP contribution in [0.15, 0.2) is 42.5 Å². The van der Waals surface area contributed by atoms with E-state index in [1.54, 1.807) is 12.1 Å². The number of hydrogen-bond acceptors (Lipinski definition) is 6. The molecule has 1 aromatic heterocycles. The normalized spacial score (nSPS) is 14.6. The lowest BCUT2D eigenvalue weighted by Gasteiger charge is -2.34. The molecule has 3 aromatic rings. The van der Waals surface area contributed by atoms with Crippen LogP contribution in [0.2, 0.25) is 0 Å². The average molecular weight is 410 g/mol. The Morgan fingerprint density at radius 3 is 2.41 bits per heavy atom. The van der Waals surface area contributed by atoms with Gasteiger partial charge in [0.05, 0.1) is 15.1 Å². The predicted molar refractivity (Wildman–Crippen MR) is 115 cm³/mol. The van der Waals surface area contributed by atoms with Gasteiger partial charge < -0.3 is 9.80 Å². The summed E-state index contributed by atoms with van der Waals surface area (Å²) in [4.78, 5) is 32.0. The second-order valence-electron chi connectivity index (χ2n) is 7.46. The highest BCUT2D eigenvalue weighted by Gasteiger charge is 2.24. The number of hydrogen-bond donors (Lipinski definition) is 0. The Kier molecular flexibility index (Phi) is 5.19. The molecule has 8 heteroatoms. The Morgan fingerprint density at radius 2 is 1.79 bits per heavy atom. The minimum Gasteiger partial charge on any atom is -0.345 e.